The Balaban J connectivity index is 1.64. The molecule has 2 nitrogen and oxygen atoms in total. The molecule has 0 saturated heterocycles. The quantitative estimate of drug-likeness (QED) is 0.860. The summed E-state index contributed by atoms with van der Waals surface area (Å²) in [5.74, 6) is 2.71. The standard InChI is InChI=1S/C15H21NO/c1-11-5-6-12(9-11)10-17-14-4-2-3-13-7-8-16-15(13)14/h2-4,11-12,16H,5-10H2,1H3. The van der Waals surface area contributed by atoms with Gasteiger partial charge in [0.05, 0.1) is 12.3 Å². The van der Waals surface area contributed by atoms with E-state index in [2.05, 4.69) is 30.4 Å². The van der Waals surface area contributed by atoms with Gasteiger partial charge in [0.15, 0.2) is 0 Å². The zero-order valence-electron chi connectivity index (χ0n) is 10.5. The van der Waals surface area contributed by atoms with Gasteiger partial charge in [-0.3, -0.25) is 0 Å². The Hall–Kier alpha value is -1.18. The zero-order valence-corrected chi connectivity index (χ0v) is 10.5. The number of hydrogen-bond donors (Lipinski definition) is 1. The molecule has 1 saturated carbocycles. The lowest BCUT2D eigenvalue weighted by Gasteiger charge is -2.14. The molecule has 2 heteroatoms. The number of para-hydroxylation sites is 1. The fraction of sp³-hybridized carbons (Fsp3) is 0.600. The van der Waals surface area contributed by atoms with Crippen LogP contribution in [0.25, 0.3) is 0 Å². The largest absolute Gasteiger partial charge is 0.491 e. The van der Waals surface area contributed by atoms with E-state index in [1.807, 2.05) is 0 Å². The Morgan fingerprint density at radius 1 is 1.35 bits per heavy atom. The van der Waals surface area contributed by atoms with Crippen molar-refractivity contribution in [1.82, 2.24) is 0 Å². The lowest BCUT2D eigenvalue weighted by Crippen LogP contribution is -2.09. The Bertz CT molecular complexity index is 402. The van der Waals surface area contributed by atoms with E-state index in [0.717, 1.165) is 37.2 Å². The van der Waals surface area contributed by atoms with Crippen LogP contribution in [-0.2, 0) is 6.42 Å². The highest BCUT2D eigenvalue weighted by atomic mass is 16.5. The molecule has 1 N–H and O–H groups in total. The molecule has 3 rings (SSSR count). The smallest absolute Gasteiger partial charge is 0.142 e. The first-order valence-electron chi connectivity index (χ1n) is 6.81. The van der Waals surface area contributed by atoms with E-state index in [-0.39, 0.29) is 0 Å². The molecular weight excluding hydrogens is 210 g/mol. The molecule has 0 spiro atoms. The summed E-state index contributed by atoms with van der Waals surface area (Å²) in [6.45, 7) is 4.29. The van der Waals surface area contributed by atoms with E-state index in [9.17, 15) is 0 Å². The maximum absolute atomic E-state index is 6.02. The van der Waals surface area contributed by atoms with Gasteiger partial charge in [0.25, 0.3) is 0 Å². The van der Waals surface area contributed by atoms with Gasteiger partial charge in [-0.2, -0.15) is 0 Å². The summed E-state index contributed by atoms with van der Waals surface area (Å²) in [5, 5.41) is 3.43. The highest BCUT2D eigenvalue weighted by Gasteiger charge is 2.22. The normalized spacial score (nSPS) is 26.6. The molecule has 0 radical (unpaired) electrons. The van der Waals surface area contributed by atoms with E-state index >= 15 is 0 Å². The van der Waals surface area contributed by atoms with Gasteiger partial charge in [0.2, 0.25) is 0 Å². The van der Waals surface area contributed by atoms with Gasteiger partial charge in [0, 0.05) is 6.54 Å². The van der Waals surface area contributed by atoms with Crippen molar-refractivity contribution in [2.24, 2.45) is 11.8 Å². The third-order valence-electron chi connectivity index (χ3n) is 4.09. The Kier molecular flexibility index (Phi) is 2.96. The van der Waals surface area contributed by atoms with E-state index in [1.165, 1.54) is 30.5 Å². The Labute approximate surface area is 103 Å². The van der Waals surface area contributed by atoms with Crippen LogP contribution in [-0.4, -0.2) is 13.2 Å². The van der Waals surface area contributed by atoms with Crippen molar-refractivity contribution in [1.29, 1.82) is 0 Å². The van der Waals surface area contributed by atoms with Crippen LogP contribution in [0.5, 0.6) is 5.75 Å². The second-order valence-corrected chi connectivity index (χ2v) is 5.56. The van der Waals surface area contributed by atoms with Crippen molar-refractivity contribution in [2.75, 3.05) is 18.5 Å². The van der Waals surface area contributed by atoms with Crippen molar-refractivity contribution in [2.45, 2.75) is 32.6 Å². The lowest BCUT2D eigenvalue weighted by molar-refractivity contribution is 0.250. The summed E-state index contributed by atoms with van der Waals surface area (Å²) < 4.78 is 6.02. The van der Waals surface area contributed by atoms with Crippen LogP contribution < -0.4 is 10.1 Å². The predicted octanol–water partition coefficient (Wildman–Crippen LogP) is 3.47. The summed E-state index contributed by atoms with van der Waals surface area (Å²) in [4.78, 5) is 0. The van der Waals surface area contributed by atoms with Crippen molar-refractivity contribution >= 4 is 5.69 Å². The van der Waals surface area contributed by atoms with Gasteiger partial charge < -0.3 is 10.1 Å². The first-order valence-corrected chi connectivity index (χ1v) is 6.81. The van der Waals surface area contributed by atoms with Crippen LogP contribution in [0, 0.1) is 11.8 Å². The van der Waals surface area contributed by atoms with Crippen molar-refractivity contribution in [3.05, 3.63) is 23.8 Å². The summed E-state index contributed by atoms with van der Waals surface area (Å²) in [7, 11) is 0. The van der Waals surface area contributed by atoms with Gasteiger partial charge in [-0.15, -0.1) is 0 Å². The highest BCUT2D eigenvalue weighted by molar-refractivity contribution is 5.65. The minimum absolute atomic E-state index is 0.766. The molecule has 1 aliphatic heterocycles. The molecule has 92 valence electrons. The van der Waals surface area contributed by atoms with Crippen molar-refractivity contribution < 1.29 is 4.74 Å². The predicted molar refractivity (Wildman–Crippen MR) is 70.6 cm³/mol. The maximum atomic E-state index is 6.02. The van der Waals surface area contributed by atoms with Gasteiger partial charge >= 0.3 is 0 Å². The second-order valence-electron chi connectivity index (χ2n) is 5.56. The minimum Gasteiger partial charge on any atom is -0.491 e. The van der Waals surface area contributed by atoms with Gasteiger partial charge in [0.1, 0.15) is 5.75 Å². The first-order chi connectivity index (χ1) is 8.33. The summed E-state index contributed by atoms with van der Waals surface area (Å²) in [6.07, 6.45) is 5.18. The third-order valence-corrected chi connectivity index (χ3v) is 4.09. The van der Waals surface area contributed by atoms with Crippen molar-refractivity contribution in [3.8, 4) is 5.75 Å². The van der Waals surface area contributed by atoms with Crippen LogP contribution in [0.1, 0.15) is 31.7 Å². The van der Waals surface area contributed by atoms with Gasteiger partial charge in [-0.1, -0.05) is 25.5 Å². The Morgan fingerprint density at radius 3 is 3.12 bits per heavy atom. The molecular formula is C15H21NO. The molecule has 17 heavy (non-hydrogen) atoms. The Morgan fingerprint density at radius 2 is 2.29 bits per heavy atom. The molecule has 2 unspecified atom stereocenters. The molecule has 1 heterocycles. The zero-order chi connectivity index (χ0) is 11.7. The molecule has 1 aromatic carbocycles. The molecule has 2 atom stereocenters. The highest BCUT2D eigenvalue weighted by Crippen LogP contribution is 2.35. The molecule has 0 amide bonds. The number of fused-ring (bicyclic) bond motifs is 1. The number of rotatable bonds is 3. The van der Waals surface area contributed by atoms with E-state index in [1.54, 1.807) is 0 Å². The van der Waals surface area contributed by atoms with Gasteiger partial charge in [-0.25, -0.2) is 0 Å². The van der Waals surface area contributed by atoms with E-state index in [4.69, 9.17) is 4.74 Å². The molecule has 1 fully saturated rings. The lowest BCUT2D eigenvalue weighted by atomic mass is 10.1. The maximum Gasteiger partial charge on any atom is 0.142 e. The molecule has 1 aromatic rings. The molecule has 2 aliphatic rings. The summed E-state index contributed by atoms with van der Waals surface area (Å²) in [5.41, 5.74) is 2.64. The average Bonchev–Trinajstić information content (AvgIpc) is 2.94. The number of benzene rings is 1. The van der Waals surface area contributed by atoms with Gasteiger partial charge in [-0.05, 0) is 42.7 Å². The molecule has 0 aromatic heterocycles. The van der Waals surface area contributed by atoms with E-state index < -0.39 is 0 Å². The molecule has 0 bridgehead atoms. The van der Waals surface area contributed by atoms with Crippen molar-refractivity contribution in [3.63, 3.8) is 0 Å². The minimum atomic E-state index is 0.766. The molecule has 1 aliphatic carbocycles. The number of ether oxygens (including phenoxy) is 1. The average molecular weight is 231 g/mol. The summed E-state index contributed by atoms with van der Waals surface area (Å²) >= 11 is 0. The van der Waals surface area contributed by atoms with Crippen LogP contribution >= 0.6 is 0 Å². The number of nitrogens with one attached hydrogen (secondary N) is 1. The fourth-order valence-electron chi connectivity index (χ4n) is 3.11. The monoisotopic (exact) mass is 231 g/mol. The van der Waals surface area contributed by atoms with Crippen LogP contribution in [0.4, 0.5) is 5.69 Å². The van der Waals surface area contributed by atoms with Crippen LogP contribution in [0.15, 0.2) is 18.2 Å². The number of anilines is 1. The summed E-state index contributed by atoms with van der Waals surface area (Å²) in [6, 6.07) is 6.40. The first kappa shape index (κ1) is 10.9. The van der Waals surface area contributed by atoms with Crippen LogP contribution in [0.2, 0.25) is 0 Å². The van der Waals surface area contributed by atoms with Crippen LogP contribution in [0.3, 0.4) is 0 Å². The SMILES string of the molecule is CC1CCC(COc2cccc3c2NCC3)C1. The number of hydrogen-bond acceptors (Lipinski definition) is 2. The third kappa shape index (κ3) is 2.26. The van der Waals surface area contributed by atoms with E-state index in [0.29, 0.717) is 0 Å². The topological polar surface area (TPSA) is 21.3 Å². The fourth-order valence-corrected chi connectivity index (χ4v) is 3.11. The second kappa shape index (κ2) is 4.59.